The van der Waals surface area contributed by atoms with Gasteiger partial charge in [0.25, 0.3) is 0 Å². The Morgan fingerprint density at radius 3 is 2.90 bits per heavy atom. The van der Waals surface area contributed by atoms with Crippen LogP contribution < -0.4 is 10.1 Å². The van der Waals surface area contributed by atoms with Gasteiger partial charge in [-0.1, -0.05) is 30.3 Å². The van der Waals surface area contributed by atoms with Gasteiger partial charge in [-0.05, 0) is 5.56 Å². The maximum absolute atomic E-state index is 9.59. The summed E-state index contributed by atoms with van der Waals surface area (Å²) >= 11 is 1.57. The van der Waals surface area contributed by atoms with Crippen molar-refractivity contribution in [2.45, 2.75) is 12.6 Å². The van der Waals surface area contributed by atoms with Crippen molar-refractivity contribution < 1.29 is 9.84 Å². The summed E-state index contributed by atoms with van der Waals surface area (Å²) in [5.41, 5.74) is 2.02. The highest BCUT2D eigenvalue weighted by Crippen LogP contribution is 2.23. The Bertz CT molecular complexity index is 708. The van der Waals surface area contributed by atoms with Gasteiger partial charge >= 0.3 is 0 Å². The first-order valence-electron chi connectivity index (χ1n) is 6.71. The van der Waals surface area contributed by atoms with Gasteiger partial charge in [0, 0.05) is 18.1 Å². The number of methoxy groups -OCH3 is 1. The molecule has 110 valence electrons. The van der Waals surface area contributed by atoms with E-state index >= 15 is 0 Å². The van der Waals surface area contributed by atoms with Crippen LogP contribution in [0.2, 0.25) is 0 Å². The highest BCUT2D eigenvalue weighted by molar-refractivity contribution is 7.15. The Hall–Kier alpha value is -1.89. The number of nitrogens with zero attached hydrogens (tertiary/aromatic N) is 2. The van der Waals surface area contributed by atoms with E-state index in [0.717, 1.165) is 16.2 Å². The van der Waals surface area contributed by atoms with Crippen LogP contribution in [-0.4, -0.2) is 28.2 Å². The van der Waals surface area contributed by atoms with E-state index in [-0.39, 0.29) is 12.6 Å². The zero-order chi connectivity index (χ0) is 14.7. The second-order valence-corrected chi connectivity index (χ2v) is 5.52. The van der Waals surface area contributed by atoms with Crippen molar-refractivity contribution in [2.24, 2.45) is 0 Å². The van der Waals surface area contributed by atoms with E-state index in [1.165, 1.54) is 0 Å². The third-order valence-electron chi connectivity index (χ3n) is 3.42. The Balaban J connectivity index is 1.80. The van der Waals surface area contributed by atoms with Crippen LogP contribution in [0.25, 0.3) is 4.96 Å². The quantitative estimate of drug-likeness (QED) is 0.733. The minimum atomic E-state index is -0.111. The van der Waals surface area contributed by atoms with Gasteiger partial charge in [-0.3, -0.25) is 4.40 Å². The number of hydrogen-bond acceptors (Lipinski definition) is 5. The number of aliphatic hydroxyl groups is 1. The molecule has 3 rings (SSSR count). The lowest BCUT2D eigenvalue weighted by atomic mass is 10.1. The molecule has 0 unspecified atom stereocenters. The number of nitrogens with one attached hydrogen (secondary N) is 1. The number of benzene rings is 1. The summed E-state index contributed by atoms with van der Waals surface area (Å²) < 4.78 is 7.34. The average molecular weight is 303 g/mol. The standard InChI is InChI=1S/C15H17N3O2S/c1-20-14-13(18-7-8-21-15(18)17-14)9-16-12(10-19)11-5-3-2-4-6-11/h2-8,12,16,19H,9-10H2,1H3/t12-/m0/s1. The monoisotopic (exact) mass is 303 g/mol. The van der Waals surface area contributed by atoms with Crippen LogP contribution in [0, 0.1) is 0 Å². The van der Waals surface area contributed by atoms with Crippen LogP contribution >= 0.6 is 11.3 Å². The first-order chi connectivity index (χ1) is 10.3. The Kier molecular flexibility index (Phi) is 4.19. The zero-order valence-electron chi connectivity index (χ0n) is 11.7. The zero-order valence-corrected chi connectivity index (χ0v) is 12.5. The van der Waals surface area contributed by atoms with Crippen LogP contribution in [0.5, 0.6) is 5.88 Å². The molecule has 2 heterocycles. The maximum atomic E-state index is 9.59. The SMILES string of the molecule is COc1nc2sccn2c1CN[C@@H](CO)c1ccccc1. The van der Waals surface area contributed by atoms with E-state index in [9.17, 15) is 5.11 Å². The van der Waals surface area contributed by atoms with Gasteiger partial charge in [-0.2, -0.15) is 4.98 Å². The van der Waals surface area contributed by atoms with Crippen LogP contribution in [-0.2, 0) is 6.54 Å². The molecular formula is C15H17N3O2S. The lowest BCUT2D eigenvalue weighted by Gasteiger charge is -2.16. The van der Waals surface area contributed by atoms with E-state index in [1.54, 1.807) is 18.4 Å². The molecule has 0 radical (unpaired) electrons. The molecule has 1 atom stereocenters. The smallest absolute Gasteiger partial charge is 0.237 e. The Morgan fingerprint density at radius 2 is 2.19 bits per heavy atom. The van der Waals surface area contributed by atoms with Crippen molar-refractivity contribution in [1.82, 2.24) is 14.7 Å². The molecule has 0 bridgehead atoms. The van der Waals surface area contributed by atoms with Crippen LogP contribution in [0.4, 0.5) is 0 Å². The molecule has 0 spiro atoms. The minimum Gasteiger partial charge on any atom is -0.480 e. The Labute approximate surface area is 126 Å². The summed E-state index contributed by atoms with van der Waals surface area (Å²) in [6.07, 6.45) is 1.98. The summed E-state index contributed by atoms with van der Waals surface area (Å²) in [7, 11) is 1.62. The molecule has 2 N–H and O–H groups in total. The average Bonchev–Trinajstić information content (AvgIpc) is 3.10. The summed E-state index contributed by atoms with van der Waals surface area (Å²) in [6.45, 7) is 0.610. The molecule has 0 aliphatic rings. The Morgan fingerprint density at radius 1 is 1.38 bits per heavy atom. The number of aromatic nitrogens is 2. The van der Waals surface area contributed by atoms with Gasteiger partial charge in [0.1, 0.15) is 5.69 Å². The molecule has 0 aliphatic carbocycles. The number of aliphatic hydroxyl groups excluding tert-OH is 1. The predicted octanol–water partition coefficient (Wildman–Crippen LogP) is 2.23. The van der Waals surface area contributed by atoms with E-state index in [4.69, 9.17) is 4.74 Å². The molecular weight excluding hydrogens is 286 g/mol. The normalized spacial score (nSPS) is 12.7. The highest BCUT2D eigenvalue weighted by Gasteiger charge is 2.16. The van der Waals surface area contributed by atoms with Crippen LogP contribution in [0.1, 0.15) is 17.3 Å². The lowest BCUT2D eigenvalue weighted by molar-refractivity contribution is 0.242. The third-order valence-corrected chi connectivity index (χ3v) is 4.17. The van der Waals surface area contributed by atoms with Crippen molar-refractivity contribution in [3.05, 3.63) is 53.2 Å². The van der Waals surface area contributed by atoms with E-state index in [0.29, 0.717) is 12.4 Å². The number of ether oxygens (including phenoxy) is 1. The fourth-order valence-electron chi connectivity index (χ4n) is 2.33. The van der Waals surface area contributed by atoms with E-state index in [1.807, 2.05) is 46.3 Å². The molecule has 0 aliphatic heterocycles. The molecule has 0 saturated carbocycles. The topological polar surface area (TPSA) is 58.8 Å². The number of rotatable bonds is 6. The van der Waals surface area contributed by atoms with Gasteiger partial charge in [0.05, 0.1) is 19.8 Å². The van der Waals surface area contributed by atoms with Crippen molar-refractivity contribution in [3.63, 3.8) is 0 Å². The van der Waals surface area contributed by atoms with Crippen LogP contribution in [0.15, 0.2) is 41.9 Å². The molecule has 0 amide bonds. The molecule has 0 fully saturated rings. The summed E-state index contributed by atoms with van der Waals surface area (Å²) in [5.74, 6) is 0.624. The van der Waals surface area contributed by atoms with Gasteiger partial charge in [0.2, 0.25) is 5.88 Å². The molecule has 6 heteroatoms. The number of thiazole rings is 1. The number of fused-ring (bicyclic) bond motifs is 1. The molecule has 3 aromatic rings. The molecule has 5 nitrogen and oxygen atoms in total. The minimum absolute atomic E-state index is 0.0396. The fourth-order valence-corrected chi connectivity index (χ4v) is 3.05. The van der Waals surface area contributed by atoms with E-state index < -0.39 is 0 Å². The summed E-state index contributed by atoms with van der Waals surface area (Å²) in [5, 5.41) is 14.9. The summed E-state index contributed by atoms with van der Waals surface area (Å²) in [4.78, 5) is 5.33. The van der Waals surface area contributed by atoms with Crippen molar-refractivity contribution in [1.29, 1.82) is 0 Å². The first-order valence-corrected chi connectivity index (χ1v) is 7.59. The second-order valence-electron chi connectivity index (χ2n) is 4.65. The van der Waals surface area contributed by atoms with Crippen LogP contribution in [0.3, 0.4) is 0 Å². The molecule has 1 aromatic carbocycles. The maximum Gasteiger partial charge on any atom is 0.237 e. The van der Waals surface area contributed by atoms with Gasteiger partial charge in [0.15, 0.2) is 4.96 Å². The second kappa shape index (κ2) is 6.26. The largest absolute Gasteiger partial charge is 0.480 e. The molecule has 0 saturated heterocycles. The summed E-state index contributed by atoms with van der Waals surface area (Å²) in [6, 6.07) is 9.79. The van der Waals surface area contributed by atoms with Gasteiger partial charge in [-0.15, -0.1) is 11.3 Å². The fraction of sp³-hybridized carbons (Fsp3) is 0.267. The van der Waals surface area contributed by atoms with Crippen molar-refractivity contribution >= 4 is 16.3 Å². The number of hydrogen-bond donors (Lipinski definition) is 2. The predicted molar refractivity (Wildman–Crippen MR) is 82.7 cm³/mol. The molecule has 2 aromatic heterocycles. The first kappa shape index (κ1) is 14.1. The van der Waals surface area contributed by atoms with Crippen molar-refractivity contribution in [3.8, 4) is 5.88 Å². The highest BCUT2D eigenvalue weighted by atomic mass is 32.1. The van der Waals surface area contributed by atoms with Crippen molar-refractivity contribution in [2.75, 3.05) is 13.7 Å². The third kappa shape index (κ3) is 2.78. The number of imidazole rings is 1. The van der Waals surface area contributed by atoms with E-state index in [2.05, 4.69) is 10.3 Å². The molecule has 21 heavy (non-hydrogen) atoms. The van der Waals surface area contributed by atoms with Gasteiger partial charge < -0.3 is 15.2 Å². The lowest BCUT2D eigenvalue weighted by Crippen LogP contribution is -2.24. The van der Waals surface area contributed by atoms with Gasteiger partial charge in [-0.25, -0.2) is 0 Å².